The Morgan fingerprint density at radius 3 is 2.71 bits per heavy atom. The first-order valence-corrected chi connectivity index (χ1v) is 6.95. The van der Waals surface area contributed by atoms with Crippen LogP contribution in [0.3, 0.4) is 0 Å². The van der Waals surface area contributed by atoms with Crippen molar-refractivity contribution in [2.75, 3.05) is 13.1 Å². The van der Waals surface area contributed by atoms with Gasteiger partial charge in [-0.05, 0) is 49.4 Å². The van der Waals surface area contributed by atoms with Gasteiger partial charge in [-0.15, -0.1) is 0 Å². The number of nitrogens with one attached hydrogen (secondary N) is 1. The van der Waals surface area contributed by atoms with Gasteiger partial charge in [0, 0.05) is 18.7 Å². The zero-order chi connectivity index (χ0) is 14.3. The minimum absolute atomic E-state index is 0. The molecule has 1 aliphatic heterocycles. The molecule has 114 valence electrons. The van der Waals surface area contributed by atoms with Crippen LogP contribution in [0.15, 0.2) is 18.2 Å². The molecule has 1 aliphatic carbocycles. The van der Waals surface area contributed by atoms with Gasteiger partial charge in [0.2, 0.25) is 5.91 Å². The van der Waals surface area contributed by atoms with Crippen molar-refractivity contribution in [3.05, 3.63) is 34.9 Å². The van der Waals surface area contributed by atoms with Crippen molar-refractivity contribution in [1.29, 1.82) is 0 Å². The predicted molar refractivity (Wildman–Crippen MR) is 82.8 cm³/mol. The van der Waals surface area contributed by atoms with Crippen LogP contribution in [0.2, 0.25) is 0 Å². The van der Waals surface area contributed by atoms with E-state index in [4.69, 9.17) is 5.21 Å². The summed E-state index contributed by atoms with van der Waals surface area (Å²) < 4.78 is 0. The SMILES string of the molecule is CCN1CC[C@@]2(Cc3ccc(C(=O)NO)cc3C2)C1=O.S. The summed E-state index contributed by atoms with van der Waals surface area (Å²) in [4.78, 5) is 25.9. The molecule has 1 aromatic rings. The van der Waals surface area contributed by atoms with Crippen LogP contribution < -0.4 is 5.48 Å². The Balaban J connectivity index is 0.00000161. The van der Waals surface area contributed by atoms with Crippen LogP contribution in [0.1, 0.15) is 34.8 Å². The first-order valence-electron chi connectivity index (χ1n) is 6.95. The molecular weight excluding hydrogens is 288 g/mol. The molecule has 1 saturated heterocycles. The number of amides is 2. The maximum Gasteiger partial charge on any atom is 0.274 e. The van der Waals surface area contributed by atoms with E-state index in [2.05, 4.69) is 0 Å². The highest BCUT2D eigenvalue weighted by Crippen LogP contribution is 2.44. The molecule has 3 rings (SSSR count). The van der Waals surface area contributed by atoms with Crippen LogP contribution in [0.4, 0.5) is 0 Å². The zero-order valence-corrected chi connectivity index (χ0v) is 13.0. The number of carbonyl (C=O) groups excluding carboxylic acids is 2. The third-order valence-corrected chi connectivity index (χ3v) is 4.61. The van der Waals surface area contributed by atoms with Gasteiger partial charge in [0.25, 0.3) is 5.91 Å². The third kappa shape index (κ3) is 2.42. The number of fused-ring (bicyclic) bond motifs is 1. The maximum atomic E-state index is 12.5. The lowest BCUT2D eigenvalue weighted by Gasteiger charge is -2.21. The van der Waals surface area contributed by atoms with Crippen molar-refractivity contribution in [3.8, 4) is 0 Å². The number of hydrogen-bond acceptors (Lipinski definition) is 3. The summed E-state index contributed by atoms with van der Waals surface area (Å²) in [5.74, 6) is -0.272. The van der Waals surface area contributed by atoms with Crippen LogP contribution >= 0.6 is 13.5 Å². The number of hydrogen-bond donors (Lipinski definition) is 2. The fourth-order valence-corrected chi connectivity index (χ4v) is 3.48. The molecule has 1 spiro atoms. The largest absolute Gasteiger partial charge is 0.342 e. The molecule has 0 unspecified atom stereocenters. The second-order valence-electron chi connectivity index (χ2n) is 5.69. The van der Waals surface area contributed by atoms with E-state index in [0.29, 0.717) is 12.0 Å². The molecule has 1 heterocycles. The van der Waals surface area contributed by atoms with E-state index in [9.17, 15) is 9.59 Å². The molecule has 2 N–H and O–H groups in total. The maximum absolute atomic E-state index is 12.5. The Morgan fingerprint density at radius 2 is 2.10 bits per heavy atom. The minimum Gasteiger partial charge on any atom is -0.342 e. The second kappa shape index (κ2) is 5.69. The summed E-state index contributed by atoms with van der Waals surface area (Å²) in [5, 5.41) is 8.69. The van der Waals surface area contributed by atoms with Gasteiger partial charge in [-0.3, -0.25) is 14.8 Å². The first kappa shape index (κ1) is 15.9. The fraction of sp³-hybridized carbons (Fsp3) is 0.467. The first-order chi connectivity index (χ1) is 9.59. The number of likely N-dealkylation sites (tertiary alicyclic amines) is 1. The van der Waals surface area contributed by atoms with Gasteiger partial charge >= 0.3 is 0 Å². The second-order valence-corrected chi connectivity index (χ2v) is 5.69. The number of carbonyl (C=O) groups is 2. The smallest absolute Gasteiger partial charge is 0.274 e. The Kier molecular flexibility index (Phi) is 4.30. The summed E-state index contributed by atoms with van der Waals surface area (Å²) in [7, 11) is 0. The standard InChI is InChI=1S/C15H18N2O3.H2S/c1-2-17-6-5-15(14(17)19)8-11-4-3-10(13(18)16-20)7-12(11)9-15;/h3-4,7,20H,2,5-6,8-9H2,1H3,(H,16,18);1H2/t15-;/m0./s1. The van der Waals surface area contributed by atoms with Crippen LogP contribution in [0.5, 0.6) is 0 Å². The van der Waals surface area contributed by atoms with Gasteiger partial charge in [-0.25, -0.2) is 5.48 Å². The van der Waals surface area contributed by atoms with Gasteiger partial charge < -0.3 is 4.90 Å². The van der Waals surface area contributed by atoms with Crippen LogP contribution in [-0.2, 0) is 17.6 Å². The molecule has 0 radical (unpaired) electrons. The van der Waals surface area contributed by atoms with E-state index in [1.165, 1.54) is 0 Å². The average molecular weight is 308 g/mol. The number of hydroxylamine groups is 1. The Bertz CT molecular complexity index is 590. The molecule has 2 aliphatic rings. The lowest BCUT2D eigenvalue weighted by molar-refractivity contribution is -0.135. The van der Waals surface area contributed by atoms with E-state index in [-0.39, 0.29) is 24.8 Å². The monoisotopic (exact) mass is 308 g/mol. The quantitative estimate of drug-likeness (QED) is 0.638. The van der Waals surface area contributed by atoms with Gasteiger partial charge in [0.1, 0.15) is 0 Å². The van der Waals surface area contributed by atoms with Crippen molar-refractivity contribution in [1.82, 2.24) is 10.4 Å². The topological polar surface area (TPSA) is 69.6 Å². The van der Waals surface area contributed by atoms with Gasteiger partial charge in [0.05, 0.1) is 5.41 Å². The summed E-state index contributed by atoms with van der Waals surface area (Å²) in [5.41, 5.74) is 3.97. The fourth-order valence-electron chi connectivity index (χ4n) is 3.48. The van der Waals surface area contributed by atoms with E-state index in [1.54, 1.807) is 17.6 Å². The molecular formula is C15H20N2O3S. The summed E-state index contributed by atoms with van der Waals surface area (Å²) in [6, 6.07) is 5.38. The molecule has 2 amide bonds. The Labute approximate surface area is 130 Å². The summed E-state index contributed by atoms with van der Waals surface area (Å²) >= 11 is 0. The van der Waals surface area contributed by atoms with Crippen LogP contribution in [0, 0.1) is 5.41 Å². The average Bonchev–Trinajstić information content (AvgIpc) is 2.98. The molecule has 1 aromatic carbocycles. The third-order valence-electron chi connectivity index (χ3n) is 4.61. The van der Waals surface area contributed by atoms with Crippen molar-refractivity contribution in [2.45, 2.75) is 26.2 Å². The lowest BCUT2D eigenvalue weighted by atomic mass is 9.83. The van der Waals surface area contributed by atoms with E-state index in [0.717, 1.165) is 37.1 Å². The van der Waals surface area contributed by atoms with Crippen molar-refractivity contribution in [3.63, 3.8) is 0 Å². The number of rotatable bonds is 2. The van der Waals surface area contributed by atoms with Crippen LogP contribution in [0.25, 0.3) is 0 Å². The summed E-state index contributed by atoms with van der Waals surface area (Å²) in [6.45, 7) is 3.59. The Morgan fingerprint density at radius 1 is 1.38 bits per heavy atom. The molecule has 0 saturated carbocycles. The highest BCUT2D eigenvalue weighted by Gasteiger charge is 2.49. The molecule has 0 bridgehead atoms. The molecule has 1 fully saturated rings. The molecule has 1 atom stereocenters. The van der Waals surface area contributed by atoms with Gasteiger partial charge in [0.15, 0.2) is 0 Å². The van der Waals surface area contributed by atoms with E-state index < -0.39 is 5.91 Å². The van der Waals surface area contributed by atoms with Gasteiger partial charge in [-0.2, -0.15) is 13.5 Å². The Hall–Kier alpha value is -1.53. The minimum atomic E-state index is -0.512. The molecule has 0 aromatic heterocycles. The van der Waals surface area contributed by atoms with Gasteiger partial charge in [-0.1, -0.05) is 6.07 Å². The van der Waals surface area contributed by atoms with Crippen LogP contribution in [-0.4, -0.2) is 35.0 Å². The highest BCUT2D eigenvalue weighted by molar-refractivity contribution is 7.59. The lowest BCUT2D eigenvalue weighted by Crippen LogP contribution is -2.35. The van der Waals surface area contributed by atoms with Crippen molar-refractivity contribution >= 4 is 25.3 Å². The molecule has 21 heavy (non-hydrogen) atoms. The van der Waals surface area contributed by atoms with E-state index in [1.807, 2.05) is 17.9 Å². The summed E-state index contributed by atoms with van der Waals surface area (Å²) in [6.07, 6.45) is 2.35. The predicted octanol–water partition coefficient (Wildman–Crippen LogP) is 1.26. The normalized spacial score (nSPS) is 23.1. The van der Waals surface area contributed by atoms with Crippen molar-refractivity contribution in [2.24, 2.45) is 5.41 Å². The molecule has 6 heteroatoms. The van der Waals surface area contributed by atoms with Crippen molar-refractivity contribution < 1.29 is 14.8 Å². The zero-order valence-electron chi connectivity index (χ0n) is 12.0. The van der Waals surface area contributed by atoms with E-state index >= 15 is 0 Å². The molecule has 5 nitrogen and oxygen atoms in total. The number of benzene rings is 1. The highest BCUT2D eigenvalue weighted by atomic mass is 32.1. The number of nitrogens with zero attached hydrogens (tertiary/aromatic N) is 1.